The lowest BCUT2D eigenvalue weighted by molar-refractivity contribution is 0.409. The van der Waals surface area contributed by atoms with Crippen LogP contribution in [0.3, 0.4) is 0 Å². The Morgan fingerprint density at radius 3 is 2.85 bits per heavy atom. The fraction of sp³-hybridized carbons (Fsp3) is 0.400. The molecule has 0 aliphatic carbocycles. The Morgan fingerprint density at radius 1 is 1.46 bits per heavy atom. The molecule has 0 aromatic heterocycles. The van der Waals surface area contributed by atoms with E-state index in [1.807, 2.05) is 18.2 Å². The van der Waals surface area contributed by atoms with Gasteiger partial charge in [-0.3, -0.25) is 0 Å². The van der Waals surface area contributed by atoms with Gasteiger partial charge in [-0.25, -0.2) is 0 Å². The Morgan fingerprint density at radius 2 is 2.23 bits per heavy atom. The zero-order chi connectivity index (χ0) is 9.68. The van der Waals surface area contributed by atoms with Crippen molar-refractivity contribution in [2.24, 2.45) is 0 Å². The molecule has 0 radical (unpaired) electrons. The molecule has 0 aliphatic heterocycles. The maximum Gasteiger partial charge on any atom is 0.123 e. The maximum atomic E-state index is 6.04. The lowest BCUT2D eigenvalue weighted by Gasteiger charge is -2.09. The van der Waals surface area contributed by atoms with E-state index in [0.29, 0.717) is 0 Å². The summed E-state index contributed by atoms with van der Waals surface area (Å²) in [6.45, 7) is 0. The van der Waals surface area contributed by atoms with Crippen LogP contribution in [0.5, 0.6) is 5.75 Å². The first-order valence-corrected chi connectivity index (χ1v) is 5.23. The first kappa shape index (κ1) is 10.7. The number of thiol groups is 1. The number of rotatable bonds is 4. The van der Waals surface area contributed by atoms with E-state index in [2.05, 4.69) is 12.6 Å². The molecular formula is C10H13ClOS. The van der Waals surface area contributed by atoms with Crippen LogP contribution in [0.1, 0.15) is 12.0 Å². The smallest absolute Gasteiger partial charge is 0.123 e. The molecule has 13 heavy (non-hydrogen) atoms. The number of hydrogen-bond donors (Lipinski definition) is 1. The first-order valence-electron chi connectivity index (χ1n) is 4.22. The minimum Gasteiger partial charge on any atom is -0.496 e. The van der Waals surface area contributed by atoms with Gasteiger partial charge < -0.3 is 4.74 Å². The number of halogens is 1. The van der Waals surface area contributed by atoms with Crippen LogP contribution in [0.2, 0.25) is 5.02 Å². The quantitative estimate of drug-likeness (QED) is 0.761. The summed E-state index contributed by atoms with van der Waals surface area (Å²) in [7, 11) is 1.66. The molecule has 0 fully saturated rings. The SMILES string of the molecule is COc1cccc(Cl)c1CCCS. The molecule has 72 valence electrons. The van der Waals surface area contributed by atoms with Crippen LogP contribution in [-0.4, -0.2) is 12.9 Å². The van der Waals surface area contributed by atoms with Gasteiger partial charge in [0, 0.05) is 10.6 Å². The van der Waals surface area contributed by atoms with E-state index < -0.39 is 0 Å². The third-order valence-corrected chi connectivity index (χ3v) is 2.55. The molecule has 1 aromatic carbocycles. The van der Waals surface area contributed by atoms with Crippen LogP contribution in [0.4, 0.5) is 0 Å². The summed E-state index contributed by atoms with van der Waals surface area (Å²) in [6, 6.07) is 5.71. The molecule has 0 saturated heterocycles. The highest BCUT2D eigenvalue weighted by atomic mass is 35.5. The second-order valence-electron chi connectivity index (χ2n) is 2.75. The summed E-state index contributed by atoms with van der Waals surface area (Å²) in [4.78, 5) is 0. The van der Waals surface area contributed by atoms with Gasteiger partial charge in [0.1, 0.15) is 5.75 Å². The fourth-order valence-corrected chi connectivity index (χ4v) is 1.65. The Kier molecular flexibility index (Phi) is 4.46. The van der Waals surface area contributed by atoms with Crippen molar-refractivity contribution in [2.75, 3.05) is 12.9 Å². The third-order valence-electron chi connectivity index (χ3n) is 1.88. The Balaban J connectivity index is 2.87. The number of benzene rings is 1. The third kappa shape index (κ3) is 2.82. The lowest BCUT2D eigenvalue weighted by Crippen LogP contribution is -1.93. The van der Waals surface area contributed by atoms with Gasteiger partial charge in [0.2, 0.25) is 0 Å². The molecule has 0 heterocycles. The van der Waals surface area contributed by atoms with E-state index in [-0.39, 0.29) is 0 Å². The maximum absolute atomic E-state index is 6.04. The van der Waals surface area contributed by atoms with E-state index in [1.54, 1.807) is 7.11 Å². The van der Waals surface area contributed by atoms with Crippen molar-refractivity contribution in [1.29, 1.82) is 0 Å². The van der Waals surface area contributed by atoms with Crippen molar-refractivity contribution in [3.05, 3.63) is 28.8 Å². The van der Waals surface area contributed by atoms with Crippen molar-refractivity contribution in [1.82, 2.24) is 0 Å². The second kappa shape index (κ2) is 5.40. The molecule has 0 atom stereocenters. The van der Waals surface area contributed by atoms with Crippen molar-refractivity contribution < 1.29 is 4.74 Å². The topological polar surface area (TPSA) is 9.23 Å². The molecule has 1 nitrogen and oxygen atoms in total. The summed E-state index contributed by atoms with van der Waals surface area (Å²) in [5.74, 6) is 1.74. The highest BCUT2D eigenvalue weighted by molar-refractivity contribution is 7.80. The molecule has 0 saturated carbocycles. The molecule has 1 aromatic rings. The van der Waals surface area contributed by atoms with Crippen molar-refractivity contribution in [3.63, 3.8) is 0 Å². The highest BCUT2D eigenvalue weighted by Gasteiger charge is 2.05. The average Bonchev–Trinajstić information content (AvgIpc) is 2.15. The summed E-state index contributed by atoms with van der Waals surface area (Å²) in [5, 5.41) is 0.779. The Labute approximate surface area is 89.5 Å². The van der Waals surface area contributed by atoms with Crippen LogP contribution >= 0.6 is 24.2 Å². The highest BCUT2D eigenvalue weighted by Crippen LogP contribution is 2.27. The van der Waals surface area contributed by atoms with Crippen LogP contribution < -0.4 is 4.74 Å². The molecular weight excluding hydrogens is 204 g/mol. The molecule has 0 amide bonds. The van der Waals surface area contributed by atoms with E-state index in [4.69, 9.17) is 16.3 Å². The van der Waals surface area contributed by atoms with E-state index in [1.165, 1.54) is 0 Å². The van der Waals surface area contributed by atoms with Gasteiger partial charge in [-0.15, -0.1) is 0 Å². The van der Waals surface area contributed by atoms with E-state index >= 15 is 0 Å². The van der Waals surface area contributed by atoms with Crippen LogP contribution in [-0.2, 0) is 6.42 Å². The van der Waals surface area contributed by atoms with E-state index in [0.717, 1.165) is 34.9 Å². The van der Waals surface area contributed by atoms with Crippen molar-refractivity contribution in [2.45, 2.75) is 12.8 Å². The van der Waals surface area contributed by atoms with Gasteiger partial charge in [0.15, 0.2) is 0 Å². The van der Waals surface area contributed by atoms with Gasteiger partial charge in [0.05, 0.1) is 7.11 Å². The minimum atomic E-state index is 0.779. The van der Waals surface area contributed by atoms with Crippen molar-refractivity contribution >= 4 is 24.2 Å². The van der Waals surface area contributed by atoms with Gasteiger partial charge in [0.25, 0.3) is 0 Å². The fourth-order valence-electron chi connectivity index (χ4n) is 1.23. The number of ether oxygens (including phenoxy) is 1. The molecule has 0 unspecified atom stereocenters. The Bertz CT molecular complexity index is 276. The summed E-state index contributed by atoms with van der Waals surface area (Å²) in [5.41, 5.74) is 1.08. The summed E-state index contributed by atoms with van der Waals surface area (Å²) >= 11 is 10.2. The molecule has 3 heteroatoms. The molecule has 1 rings (SSSR count). The van der Waals surface area contributed by atoms with Gasteiger partial charge in [-0.2, -0.15) is 12.6 Å². The first-order chi connectivity index (χ1) is 6.29. The lowest BCUT2D eigenvalue weighted by atomic mass is 10.1. The molecule has 0 bridgehead atoms. The molecule has 0 spiro atoms. The second-order valence-corrected chi connectivity index (χ2v) is 3.60. The normalized spacial score (nSPS) is 10.1. The standard InChI is InChI=1S/C10H13ClOS/c1-12-10-6-2-5-9(11)8(10)4-3-7-13/h2,5-6,13H,3-4,7H2,1H3. The average molecular weight is 217 g/mol. The number of methoxy groups -OCH3 is 1. The predicted molar refractivity (Wildman–Crippen MR) is 60.2 cm³/mol. The number of hydrogen-bond acceptors (Lipinski definition) is 2. The summed E-state index contributed by atoms with van der Waals surface area (Å²) in [6.07, 6.45) is 1.94. The van der Waals surface area contributed by atoms with Crippen LogP contribution in [0.25, 0.3) is 0 Å². The van der Waals surface area contributed by atoms with Crippen LogP contribution in [0.15, 0.2) is 18.2 Å². The molecule has 0 aliphatic rings. The Hall–Kier alpha value is -0.340. The van der Waals surface area contributed by atoms with E-state index in [9.17, 15) is 0 Å². The predicted octanol–water partition coefficient (Wildman–Crippen LogP) is 3.21. The molecule has 0 N–H and O–H groups in total. The monoisotopic (exact) mass is 216 g/mol. The van der Waals surface area contributed by atoms with Gasteiger partial charge in [-0.1, -0.05) is 17.7 Å². The van der Waals surface area contributed by atoms with Gasteiger partial charge >= 0.3 is 0 Å². The zero-order valence-corrected chi connectivity index (χ0v) is 9.24. The summed E-state index contributed by atoms with van der Waals surface area (Å²) < 4.78 is 5.21. The largest absolute Gasteiger partial charge is 0.496 e. The van der Waals surface area contributed by atoms with Crippen molar-refractivity contribution in [3.8, 4) is 5.75 Å². The zero-order valence-electron chi connectivity index (χ0n) is 7.59. The van der Waals surface area contributed by atoms with Crippen LogP contribution in [0, 0.1) is 0 Å². The van der Waals surface area contributed by atoms with Gasteiger partial charge in [-0.05, 0) is 30.7 Å². The minimum absolute atomic E-state index is 0.779.